The Kier molecular flexibility index (Phi) is 5.86. The molecule has 8 heteroatoms. The van der Waals surface area contributed by atoms with Crippen LogP contribution in [0.5, 0.6) is 0 Å². The average Bonchev–Trinajstić information content (AvgIpc) is 3.05. The number of anilines is 1. The van der Waals surface area contributed by atoms with Crippen LogP contribution in [0.15, 0.2) is 82.8 Å². The third-order valence-corrected chi connectivity index (χ3v) is 5.90. The molecule has 3 aromatic rings. The number of halogens is 2. The number of aromatic carboxylic acids is 1. The highest BCUT2D eigenvalue weighted by Crippen LogP contribution is 2.42. The van der Waals surface area contributed by atoms with Crippen LogP contribution in [-0.2, 0) is 9.59 Å². The first-order valence-corrected chi connectivity index (χ1v) is 10.6. The minimum atomic E-state index is -1.16. The van der Waals surface area contributed by atoms with Crippen molar-refractivity contribution in [3.05, 3.63) is 105 Å². The Balaban J connectivity index is 1.94. The van der Waals surface area contributed by atoms with Crippen molar-refractivity contribution in [2.45, 2.75) is 6.04 Å². The minimum Gasteiger partial charge on any atom is -0.507 e. The van der Waals surface area contributed by atoms with E-state index in [1.54, 1.807) is 54.6 Å². The van der Waals surface area contributed by atoms with Crippen LogP contribution < -0.4 is 4.90 Å². The van der Waals surface area contributed by atoms with Gasteiger partial charge in [0.2, 0.25) is 0 Å². The van der Waals surface area contributed by atoms with Crippen molar-refractivity contribution in [2.24, 2.45) is 0 Å². The number of benzene rings is 3. The number of aliphatic hydroxyl groups excluding tert-OH is 1. The zero-order valence-corrected chi connectivity index (χ0v) is 18.7. The molecule has 0 aromatic heterocycles. The van der Waals surface area contributed by atoms with Crippen LogP contribution in [0.1, 0.15) is 27.5 Å². The lowest BCUT2D eigenvalue weighted by atomic mass is 9.95. The second-order valence-corrected chi connectivity index (χ2v) is 8.44. The number of hydrogen-bond donors (Lipinski definition) is 2. The molecule has 160 valence electrons. The molecule has 0 radical (unpaired) electrons. The molecule has 3 aromatic carbocycles. The molecular formula is C24H15BrClNO5. The van der Waals surface area contributed by atoms with Crippen LogP contribution in [0.25, 0.3) is 5.76 Å². The molecule has 0 bridgehead atoms. The Hall–Kier alpha value is -3.42. The zero-order valence-electron chi connectivity index (χ0n) is 16.3. The van der Waals surface area contributed by atoms with Crippen LogP contribution in [0.2, 0.25) is 5.02 Å². The van der Waals surface area contributed by atoms with Crippen LogP contribution >= 0.6 is 27.5 Å². The van der Waals surface area contributed by atoms with Crippen LogP contribution in [0.4, 0.5) is 5.69 Å². The Morgan fingerprint density at radius 1 is 0.906 bits per heavy atom. The quantitative estimate of drug-likeness (QED) is 0.276. The van der Waals surface area contributed by atoms with E-state index in [1.807, 2.05) is 0 Å². The number of carbonyl (C=O) groups is 3. The van der Waals surface area contributed by atoms with Gasteiger partial charge in [-0.15, -0.1) is 0 Å². The molecule has 1 heterocycles. The number of carboxylic acids is 1. The Bertz CT molecular complexity index is 1270. The second-order valence-electron chi connectivity index (χ2n) is 7.08. The van der Waals surface area contributed by atoms with Gasteiger partial charge in [0.25, 0.3) is 11.7 Å². The lowest BCUT2D eigenvalue weighted by Crippen LogP contribution is -2.29. The summed E-state index contributed by atoms with van der Waals surface area (Å²) in [6.07, 6.45) is 0. The molecule has 1 aliphatic rings. The summed E-state index contributed by atoms with van der Waals surface area (Å²) in [5.41, 5.74) is 1.00. The van der Waals surface area contributed by atoms with Crippen molar-refractivity contribution in [1.82, 2.24) is 0 Å². The molecule has 0 aliphatic carbocycles. The number of carboxylic acid groups (broad SMARTS) is 1. The summed E-state index contributed by atoms with van der Waals surface area (Å²) in [7, 11) is 0. The number of rotatable bonds is 4. The van der Waals surface area contributed by atoms with Gasteiger partial charge in [-0.1, -0.05) is 45.7 Å². The van der Waals surface area contributed by atoms with Gasteiger partial charge in [-0.3, -0.25) is 14.5 Å². The highest BCUT2D eigenvalue weighted by Gasteiger charge is 2.47. The van der Waals surface area contributed by atoms with Crippen LogP contribution in [-0.4, -0.2) is 27.9 Å². The fourth-order valence-corrected chi connectivity index (χ4v) is 4.00. The van der Waals surface area contributed by atoms with E-state index in [-0.39, 0.29) is 22.6 Å². The fraction of sp³-hybridized carbons (Fsp3) is 0.0417. The number of Topliss-reactive ketones (excluding diaryl/α,β-unsaturated/α-hetero) is 1. The van der Waals surface area contributed by atoms with Gasteiger partial charge in [-0.05, 0) is 60.2 Å². The number of hydrogen-bond acceptors (Lipinski definition) is 4. The van der Waals surface area contributed by atoms with Gasteiger partial charge in [0.05, 0.1) is 17.2 Å². The second kappa shape index (κ2) is 8.61. The van der Waals surface area contributed by atoms with E-state index in [2.05, 4.69) is 15.9 Å². The van der Waals surface area contributed by atoms with E-state index < -0.39 is 23.7 Å². The summed E-state index contributed by atoms with van der Waals surface area (Å²) in [5, 5.41) is 20.8. The summed E-state index contributed by atoms with van der Waals surface area (Å²) >= 11 is 9.30. The van der Waals surface area contributed by atoms with Gasteiger partial charge in [0.15, 0.2) is 0 Å². The predicted octanol–water partition coefficient (Wildman–Crippen LogP) is 5.43. The lowest BCUT2D eigenvalue weighted by Gasteiger charge is -2.25. The van der Waals surface area contributed by atoms with Crippen molar-refractivity contribution < 1.29 is 24.6 Å². The molecule has 0 saturated carbocycles. The molecule has 1 saturated heterocycles. The standard InChI is InChI=1S/C24H15BrClNO5/c25-16-8-4-13(5-9-16)20-19(21(28)14-6-10-17(26)11-7-14)22(29)23(30)27(20)18-3-1-2-15(12-18)24(31)32/h1-12,20,28H,(H,31,32)/b21-19+/t20-/m0/s1. The molecule has 4 rings (SSSR count). The molecule has 2 N–H and O–H groups in total. The van der Waals surface area contributed by atoms with E-state index in [9.17, 15) is 24.6 Å². The van der Waals surface area contributed by atoms with Crippen molar-refractivity contribution in [1.29, 1.82) is 0 Å². The van der Waals surface area contributed by atoms with Crippen molar-refractivity contribution >= 4 is 56.6 Å². The van der Waals surface area contributed by atoms with E-state index in [0.717, 1.165) is 4.47 Å². The largest absolute Gasteiger partial charge is 0.507 e. The van der Waals surface area contributed by atoms with Crippen LogP contribution in [0, 0.1) is 0 Å². The number of aliphatic hydroxyl groups is 1. The predicted molar refractivity (Wildman–Crippen MR) is 124 cm³/mol. The van der Waals surface area contributed by atoms with Gasteiger partial charge in [0, 0.05) is 20.7 Å². The maximum Gasteiger partial charge on any atom is 0.335 e. The summed E-state index contributed by atoms with van der Waals surface area (Å²) in [4.78, 5) is 38.8. The van der Waals surface area contributed by atoms with E-state index in [0.29, 0.717) is 16.1 Å². The van der Waals surface area contributed by atoms with Crippen molar-refractivity contribution in [3.8, 4) is 0 Å². The van der Waals surface area contributed by atoms with Crippen LogP contribution in [0.3, 0.4) is 0 Å². The summed E-state index contributed by atoms with van der Waals surface area (Å²) in [5.74, 6) is -3.24. The summed E-state index contributed by atoms with van der Waals surface area (Å²) < 4.78 is 0.795. The van der Waals surface area contributed by atoms with Gasteiger partial charge >= 0.3 is 5.97 Å². The maximum absolute atomic E-state index is 13.1. The molecule has 1 fully saturated rings. The maximum atomic E-state index is 13.1. The van der Waals surface area contributed by atoms with Crippen molar-refractivity contribution in [2.75, 3.05) is 4.90 Å². The number of ketones is 1. The lowest BCUT2D eigenvalue weighted by molar-refractivity contribution is -0.132. The zero-order chi connectivity index (χ0) is 23.0. The summed E-state index contributed by atoms with van der Waals surface area (Å²) in [6, 6.07) is 18.0. The normalized spacial score (nSPS) is 17.6. The van der Waals surface area contributed by atoms with Gasteiger partial charge < -0.3 is 10.2 Å². The average molecular weight is 513 g/mol. The molecule has 1 amide bonds. The SMILES string of the molecule is O=C1C(=O)N(c2cccc(C(=O)O)c2)[C@@H](c2ccc(Br)cc2)/C1=C(\O)c1ccc(Cl)cc1. The van der Waals surface area contributed by atoms with Gasteiger partial charge in [-0.25, -0.2) is 4.79 Å². The third kappa shape index (κ3) is 3.92. The first-order chi connectivity index (χ1) is 15.3. The smallest absolute Gasteiger partial charge is 0.335 e. The van der Waals surface area contributed by atoms with Crippen molar-refractivity contribution in [3.63, 3.8) is 0 Å². The topological polar surface area (TPSA) is 94.9 Å². The first kappa shape index (κ1) is 21.8. The molecule has 32 heavy (non-hydrogen) atoms. The third-order valence-electron chi connectivity index (χ3n) is 5.12. The van der Waals surface area contributed by atoms with Gasteiger partial charge in [-0.2, -0.15) is 0 Å². The fourth-order valence-electron chi connectivity index (χ4n) is 3.61. The number of nitrogens with zero attached hydrogens (tertiary/aromatic N) is 1. The van der Waals surface area contributed by atoms with E-state index in [4.69, 9.17) is 11.6 Å². The molecule has 0 unspecified atom stereocenters. The molecule has 1 aliphatic heterocycles. The number of amides is 1. The first-order valence-electron chi connectivity index (χ1n) is 9.43. The summed E-state index contributed by atoms with van der Waals surface area (Å²) in [6.45, 7) is 0. The molecular weight excluding hydrogens is 498 g/mol. The molecule has 1 atom stereocenters. The Morgan fingerprint density at radius 3 is 2.19 bits per heavy atom. The highest BCUT2D eigenvalue weighted by molar-refractivity contribution is 9.10. The Labute approximate surface area is 196 Å². The highest BCUT2D eigenvalue weighted by atomic mass is 79.9. The van der Waals surface area contributed by atoms with E-state index >= 15 is 0 Å². The molecule has 6 nitrogen and oxygen atoms in total. The van der Waals surface area contributed by atoms with E-state index in [1.165, 1.54) is 23.1 Å². The minimum absolute atomic E-state index is 0.0309. The monoisotopic (exact) mass is 511 g/mol. The Morgan fingerprint density at radius 2 is 1.56 bits per heavy atom. The van der Waals surface area contributed by atoms with Gasteiger partial charge in [0.1, 0.15) is 5.76 Å². The number of carbonyl (C=O) groups excluding carboxylic acids is 2. The molecule has 0 spiro atoms.